The van der Waals surface area contributed by atoms with Gasteiger partial charge in [0, 0.05) is 6.07 Å². The van der Waals surface area contributed by atoms with E-state index in [2.05, 4.69) is 45.1 Å². The van der Waals surface area contributed by atoms with Crippen LogP contribution in [0.1, 0.15) is 52.2 Å². The highest BCUT2D eigenvalue weighted by Crippen LogP contribution is 2.37. The molecule has 210 valence electrons. The molecule has 1 amide bonds. The molecule has 11 nitrogen and oxygen atoms in total. The minimum Gasteiger partial charge on any atom is -0.484 e. The lowest BCUT2D eigenvalue weighted by Gasteiger charge is -2.33. The fourth-order valence-corrected chi connectivity index (χ4v) is 4.42. The first-order valence-corrected chi connectivity index (χ1v) is 12.5. The third-order valence-corrected chi connectivity index (χ3v) is 5.82. The van der Waals surface area contributed by atoms with Crippen LogP contribution in [0, 0.1) is 25.6 Å². The van der Waals surface area contributed by atoms with E-state index in [0.29, 0.717) is 11.3 Å². The Kier molecular flexibility index (Phi) is 9.20. The largest absolute Gasteiger partial charge is 0.484 e. The second kappa shape index (κ2) is 12.4. The zero-order chi connectivity index (χ0) is 29.5. The van der Waals surface area contributed by atoms with Crippen molar-refractivity contribution < 1.29 is 24.1 Å². The molecule has 0 saturated carbocycles. The molecule has 0 bridgehead atoms. The van der Waals surface area contributed by atoms with Gasteiger partial charge < -0.3 is 9.47 Å². The molecule has 1 N–H and O–H groups in total. The predicted octanol–water partition coefficient (Wildman–Crippen LogP) is 6.54. The summed E-state index contributed by atoms with van der Waals surface area (Å²) in [5.74, 6) is 0.201. The van der Waals surface area contributed by atoms with Crippen molar-refractivity contribution >= 4 is 23.5 Å². The van der Waals surface area contributed by atoms with Gasteiger partial charge in [-0.1, -0.05) is 58.9 Å². The Morgan fingerprint density at radius 3 is 2.25 bits per heavy atom. The number of hydrogen-bond acceptors (Lipinski definition) is 8. The van der Waals surface area contributed by atoms with Crippen molar-refractivity contribution in [1.82, 2.24) is 5.43 Å². The molecule has 3 rings (SSSR count). The van der Waals surface area contributed by atoms with Crippen molar-refractivity contribution in [2.45, 2.75) is 46.5 Å². The van der Waals surface area contributed by atoms with Gasteiger partial charge in [0.15, 0.2) is 6.61 Å². The molecule has 0 aromatic heterocycles. The molecule has 0 unspecified atom stereocenters. The molecule has 0 spiro atoms. The van der Waals surface area contributed by atoms with Crippen molar-refractivity contribution in [3.8, 4) is 17.2 Å². The van der Waals surface area contributed by atoms with Gasteiger partial charge in [0.25, 0.3) is 11.6 Å². The van der Waals surface area contributed by atoms with Crippen molar-refractivity contribution in [2.24, 2.45) is 10.5 Å². The number of nitrogens with zero attached hydrogens (tertiary/aromatic N) is 3. The second-order valence-electron chi connectivity index (χ2n) is 11.1. The fraction of sp³-hybridized carbons (Fsp3) is 0.310. The van der Waals surface area contributed by atoms with Crippen LogP contribution in [-0.4, -0.2) is 28.6 Å². The van der Waals surface area contributed by atoms with E-state index in [1.54, 1.807) is 24.3 Å². The van der Waals surface area contributed by atoms with Gasteiger partial charge >= 0.3 is 5.69 Å². The van der Waals surface area contributed by atoms with Crippen molar-refractivity contribution in [1.29, 1.82) is 0 Å². The van der Waals surface area contributed by atoms with Crippen molar-refractivity contribution in [3.63, 3.8) is 0 Å². The van der Waals surface area contributed by atoms with E-state index in [0.717, 1.165) is 24.6 Å². The maximum atomic E-state index is 12.2. The molecule has 40 heavy (non-hydrogen) atoms. The fourth-order valence-electron chi connectivity index (χ4n) is 4.42. The lowest BCUT2D eigenvalue weighted by atomic mass is 9.72. The molecule has 0 aliphatic carbocycles. The third-order valence-electron chi connectivity index (χ3n) is 5.82. The first-order valence-electron chi connectivity index (χ1n) is 12.5. The average molecular weight is 549 g/mol. The summed E-state index contributed by atoms with van der Waals surface area (Å²) < 4.78 is 11.2. The zero-order valence-corrected chi connectivity index (χ0v) is 23.0. The van der Waals surface area contributed by atoms with Crippen molar-refractivity contribution in [2.75, 3.05) is 6.61 Å². The number of nitro groups is 2. The number of carbonyl (C=O) groups excluding carboxylic acids is 1. The third kappa shape index (κ3) is 8.62. The molecule has 0 fully saturated rings. The van der Waals surface area contributed by atoms with Gasteiger partial charge in [0.05, 0.1) is 22.1 Å². The Morgan fingerprint density at radius 2 is 1.62 bits per heavy atom. The van der Waals surface area contributed by atoms with Gasteiger partial charge in [0.1, 0.15) is 11.5 Å². The standard InChI is InChI=1S/C29H32N4O7/c1-28(2,3)19-29(4,5)21-9-12-23(13-10-21)39-18-27(34)31-30-17-20-7-6-8-24(15-20)40-26-14-11-22(32(35)36)16-25(26)33(37)38/h6-17H,18-19H2,1-5H3,(H,31,34). The Morgan fingerprint density at radius 1 is 0.925 bits per heavy atom. The van der Waals surface area contributed by atoms with Gasteiger partial charge in [-0.2, -0.15) is 5.10 Å². The Balaban J connectivity index is 1.55. The van der Waals surface area contributed by atoms with E-state index in [1.165, 1.54) is 11.8 Å². The molecule has 0 saturated heterocycles. The number of nitro benzene ring substituents is 2. The minimum absolute atomic E-state index is 0.00177. The average Bonchev–Trinajstić information content (AvgIpc) is 2.86. The van der Waals surface area contributed by atoms with Crippen LogP contribution in [0.15, 0.2) is 71.8 Å². The summed E-state index contributed by atoms with van der Waals surface area (Å²) in [5, 5.41) is 26.2. The van der Waals surface area contributed by atoms with Crippen LogP contribution in [0.25, 0.3) is 0 Å². The zero-order valence-electron chi connectivity index (χ0n) is 23.0. The highest BCUT2D eigenvalue weighted by Gasteiger charge is 2.27. The Bertz CT molecular complexity index is 1410. The number of carbonyl (C=O) groups is 1. The number of benzene rings is 3. The second-order valence-corrected chi connectivity index (χ2v) is 11.1. The minimum atomic E-state index is -0.756. The van der Waals surface area contributed by atoms with Crippen LogP contribution in [0.3, 0.4) is 0 Å². The first kappa shape index (κ1) is 29.8. The number of hydrazone groups is 1. The molecule has 3 aromatic rings. The number of amides is 1. The Hall–Kier alpha value is -4.80. The summed E-state index contributed by atoms with van der Waals surface area (Å²) >= 11 is 0. The molecule has 0 aliphatic heterocycles. The number of ether oxygens (including phenoxy) is 2. The quantitative estimate of drug-likeness (QED) is 0.163. The monoisotopic (exact) mass is 548 g/mol. The van der Waals surface area contributed by atoms with Gasteiger partial charge in [-0.05, 0) is 58.7 Å². The molecular formula is C29H32N4O7. The summed E-state index contributed by atoms with van der Waals surface area (Å²) in [6.07, 6.45) is 2.40. The lowest BCUT2D eigenvalue weighted by Crippen LogP contribution is -2.25. The maximum Gasteiger partial charge on any atom is 0.318 e. The smallest absolute Gasteiger partial charge is 0.318 e. The van der Waals surface area contributed by atoms with E-state index in [1.807, 2.05) is 24.3 Å². The predicted molar refractivity (Wildman–Crippen MR) is 151 cm³/mol. The van der Waals surface area contributed by atoms with E-state index >= 15 is 0 Å². The van der Waals surface area contributed by atoms with E-state index in [9.17, 15) is 25.0 Å². The molecule has 0 heterocycles. The molecule has 0 atom stereocenters. The summed E-state index contributed by atoms with van der Waals surface area (Å²) in [6, 6.07) is 17.2. The van der Waals surface area contributed by atoms with Gasteiger partial charge in [-0.15, -0.1) is 0 Å². The summed E-state index contributed by atoms with van der Waals surface area (Å²) in [4.78, 5) is 33.0. The molecule has 11 heteroatoms. The highest BCUT2D eigenvalue weighted by molar-refractivity contribution is 5.83. The highest BCUT2D eigenvalue weighted by atomic mass is 16.6. The number of hydrogen-bond donors (Lipinski definition) is 1. The molecular weight excluding hydrogens is 516 g/mol. The molecule has 0 radical (unpaired) electrons. The lowest BCUT2D eigenvalue weighted by molar-refractivity contribution is -0.394. The van der Waals surface area contributed by atoms with Crippen LogP contribution in [-0.2, 0) is 10.2 Å². The number of non-ortho nitro benzene ring substituents is 1. The van der Waals surface area contributed by atoms with Gasteiger partial charge in [0.2, 0.25) is 5.75 Å². The first-order chi connectivity index (χ1) is 18.7. The van der Waals surface area contributed by atoms with Crippen LogP contribution < -0.4 is 14.9 Å². The number of nitrogens with one attached hydrogen (secondary N) is 1. The normalized spacial score (nSPS) is 11.7. The molecule has 3 aromatic carbocycles. The van der Waals surface area contributed by atoms with Crippen LogP contribution >= 0.6 is 0 Å². The van der Waals surface area contributed by atoms with Crippen LogP contribution in [0.4, 0.5) is 11.4 Å². The Labute approximate surface area is 232 Å². The van der Waals surface area contributed by atoms with E-state index in [4.69, 9.17) is 9.47 Å². The topological polar surface area (TPSA) is 146 Å². The van der Waals surface area contributed by atoms with Crippen molar-refractivity contribution in [3.05, 3.63) is 98.1 Å². The van der Waals surface area contributed by atoms with E-state index in [-0.39, 0.29) is 28.9 Å². The summed E-state index contributed by atoms with van der Waals surface area (Å²) in [5.41, 5.74) is 3.35. The summed E-state index contributed by atoms with van der Waals surface area (Å²) in [6.45, 7) is 10.8. The summed E-state index contributed by atoms with van der Waals surface area (Å²) in [7, 11) is 0. The van der Waals surface area contributed by atoms with E-state index < -0.39 is 27.1 Å². The van der Waals surface area contributed by atoms with Gasteiger partial charge in [-0.25, -0.2) is 5.43 Å². The van der Waals surface area contributed by atoms with Crippen LogP contribution in [0.5, 0.6) is 17.2 Å². The maximum absolute atomic E-state index is 12.2. The number of rotatable bonds is 11. The molecule has 0 aliphatic rings. The van der Waals surface area contributed by atoms with Gasteiger partial charge in [-0.3, -0.25) is 25.0 Å². The SMILES string of the molecule is CC(C)(C)CC(C)(C)c1ccc(OCC(=O)NN=Cc2cccc(Oc3ccc([N+](=O)[O-])cc3[N+](=O)[O-])c2)cc1. The van der Waals surface area contributed by atoms with Crippen LogP contribution in [0.2, 0.25) is 0 Å².